The highest BCUT2D eigenvalue weighted by atomic mass is 16.6. The smallest absolute Gasteiger partial charge is 0.331 e. The van der Waals surface area contributed by atoms with Crippen molar-refractivity contribution in [3.8, 4) is 0 Å². The van der Waals surface area contributed by atoms with Gasteiger partial charge in [-0.1, -0.05) is 66.7 Å². The number of hydrogen-bond acceptors (Lipinski definition) is 3. The molecule has 0 radical (unpaired) electrons. The third kappa shape index (κ3) is 5.71. The van der Waals surface area contributed by atoms with Gasteiger partial charge in [-0.25, -0.2) is 4.79 Å². The molecule has 130 valence electrons. The quantitative estimate of drug-likeness (QED) is 0.432. The highest BCUT2D eigenvalue weighted by Gasteiger charge is 2.24. The topological polar surface area (TPSA) is 38.7 Å². The zero-order valence-corrected chi connectivity index (χ0v) is 15.1. The van der Waals surface area contributed by atoms with Crippen LogP contribution in [0.4, 0.5) is 0 Å². The third-order valence-electron chi connectivity index (χ3n) is 3.45. The molecule has 0 bridgehead atoms. The molecular formula is C22H25NO2. The zero-order valence-electron chi connectivity index (χ0n) is 15.1. The molecule has 2 aromatic carbocycles. The maximum Gasteiger partial charge on any atom is 0.331 e. The number of esters is 1. The van der Waals surface area contributed by atoms with Gasteiger partial charge in [0, 0.05) is 11.1 Å². The zero-order chi connectivity index (χ0) is 18.3. The van der Waals surface area contributed by atoms with Gasteiger partial charge in [-0.15, -0.1) is 6.58 Å². The van der Waals surface area contributed by atoms with Crippen LogP contribution in [0.2, 0.25) is 0 Å². The summed E-state index contributed by atoms with van der Waals surface area (Å²) in [5, 5.41) is 0. The number of ether oxygens (including phenoxy) is 1. The molecule has 2 aromatic rings. The molecule has 25 heavy (non-hydrogen) atoms. The van der Waals surface area contributed by atoms with Crippen LogP contribution >= 0.6 is 0 Å². The summed E-state index contributed by atoms with van der Waals surface area (Å²) in [4.78, 5) is 17.3. The molecular weight excluding hydrogens is 310 g/mol. The Morgan fingerprint density at radius 1 is 1.04 bits per heavy atom. The van der Waals surface area contributed by atoms with E-state index in [1.807, 2.05) is 81.4 Å². The molecule has 0 aromatic heterocycles. The predicted octanol–water partition coefficient (Wildman–Crippen LogP) is 4.81. The van der Waals surface area contributed by atoms with Crippen LogP contribution < -0.4 is 0 Å². The fraction of sp³-hybridized carbons (Fsp3) is 0.273. The van der Waals surface area contributed by atoms with Crippen LogP contribution in [0, 0.1) is 0 Å². The number of aliphatic imine (C=N–C) groups is 1. The molecule has 2 rings (SSSR count). The number of carbonyl (C=O) groups is 1. The van der Waals surface area contributed by atoms with E-state index in [-0.39, 0.29) is 5.97 Å². The standard InChI is InChI=1S/C22H25NO2/c1-5-12-19(21(24)25-22(2,3)4)23-20(17-13-8-6-9-14-17)18-15-10-7-11-16-18/h5-11,13-16,19H,1,12H2,2-4H3/t19-/m0/s1. The van der Waals surface area contributed by atoms with E-state index in [2.05, 4.69) is 6.58 Å². The van der Waals surface area contributed by atoms with Gasteiger partial charge in [0.25, 0.3) is 0 Å². The van der Waals surface area contributed by atoms with Crippen LogP contribution in [0.15, 0.2) is 78.3 Å². The van der Waals surface area contributed by atoms with E-state index in [1.54, 1.807) is 6.08 Å². The van der Waals surface area contributed by atoms with E-state index in [1.165, 1.54) is 0 Å². The molecule has 0 aliphatic carbocycles. The highest BCUT2D eigenvalue weighted by molar-refractivity contribution is 6.13. The first-order chi connectivity index (χ1) is 11.9. The summed E-state index contributed by atoms with van der Waals surface area (Å²) >= 11 is 0. The van der Waals surface area contributed by atoms with Crippen LogP contribution in [0.25, 0.3) is 0 Å². The summed E-state index contributed by atoms with van der Waals surface area (Å²) in [6.07, 6.45) is 2.13. The van der Waals surface area contributed by atoms with E-state index in [4.69, 9.17) is 9.73 Å². The summed E-state index contributed by atoms with van der Waals surface area (Å²) in [7, 11) is 0. The molecule has 0 fully saturated rings. The van der Waals surface area contributed by atoms with Gasteiger partial charge in [0.15, 0.2) is 6.04 Å². The summed E-state index contributed by atoms with van der Waals surface area (Å²) in [5.41, 5.74) is 2.16. The third-order valence-corrected chi connectivity index (χ3v) is 3.45. The lowest BCUT2D eigenvalue weighted by Crippen LogP contribution is -2.31. The second-order valence-corrected chi connectivity index (χ2v) is 6.78. The number of rotatable bonds is 6. The molecule has 0 N–H and O–H groups in total. The molecule has 0 saturated carbocycles. The molecule has 0 aliphatic heterocycles. The normalized spacial score (nSPS) is 12.1. The van der Waals surface area contributed by atoms with Crippen molar-refractivity contribution in [2.75, 3.05) is 0 Å². The summed E-state index contributed by atoms with van der Waals surface area (Å²) in [5.74, 6) is -0.336. The van der Waals surface area contributed by atoms with E-state index < -0.39 is 11.6 Å². The Labute approximate surface area is 150 Å². The average molecular weight is 335 g/mol. The first-order valence-electron chi connectivity index (χ1n) is 8.43. The predicted molar refractivity (Wildman–Crippen MR) is 103 cm³/mol. The van der Waals surface area contributed by atoms with Crippen LogP contribution in [-0.2, 0) is 9.53 Å². The van der Waals surface area contributed by atoms with Crippen molar-refractivity contribution in [3.05, 3.63) is 84.4 Å². The molecule has 1 atom stereocenters. The molecule has 0 aliphatic rings. The Morgan fingerprint density at radius 3 is 1.92 bits per heavy atom. The molecule has 0 heterocycles. The molecule has 3 heteroatoms. The highest BCUT2D eigenvalue weighted by Crippen LogP contribution is 2.16. The number of carbonyl (C=O) groups excluding carboxylic acids is 1. The van der Waals surface area contributed by atoms with Crippen molar-refractivity contribution in [1.29, 1.82) is 0 Å². The van der Waals surface area contributed by atoms with Crippen LogP contribution in [0.1, 0.15) is 38.3 Å². The number of benzene rings is 2. The average Bonchev–Trinajstić information content (AvgIpc) is 2.58. The summed E-state index contributed by atoms with van der Waals surface area (Å²) in [6.45, 7) is 9.32. The fourth-order valence-corrected chi connectivity index (χ4v) is 2.39. The minimum atomic E-state index is -0.618. The van der Waals surface area contributed by atoms with Gasteiger partial charge in [0.05, 0.1) is 5.71 Å². The Balaban J connectivity index is 2.46. The largest absolute Gasteiger partial charge is 0.458 e. The second kappa shape index (κ2) is 8.43. The summed E-state index contributed by atoms with van der Waals surface area (Å²) in [6, 6.07) is 19.1. The maximum atomic E-state index is 12.6. The minimum absolute atomic E-state index is 0.336. The van der Waals surface area contributed by atoms with Crippen LogP contribution in [0.3, 0.4) is 0 Å². The Hall–Kier alpha value is -2.68. The lowest BCUT2D eigenvalue weighted by molar-refractivity contribution is -0.156. The van der Waals surface area contributed by atoms with Crippen molar-refractivity contribution in [3.63, 3.8) is 0 Å². The van der Waals surface area contributed by atoms with Crippen LogP contribution in [0.5, 0.6) is 0 Å². The van der Waals surface area contributed by atoms with Gasteiger partial charge >= 0.3 is 5.97 Å². The maximum absolute atomic E-state index is 12.6. The first-order valence-corrected chi connectivity index (χ1v) is 8.43. The lowest BCUT2D eigenvalue weighted by Gasteiger charge is -2.22. The first kappa shape index (κ1) is 18.7. The Morgan fingerprint density at radius 2 is 1.52 bits per heavy atom. The van der Waals surface area contributed by atoms with Crippen LogP contribution in [-0.4, -0.2) is 23.3 Å². The van der Waals surface area contributed by atoms with Crippen molar-refractivity contribution in [2.45, 2.75) is 38.8 Å². The van der Waals surface area contributed by atoms with Crippen molar-refractivity contribution in [2.24, 2.45) is 4.99 Å². The van der Waals surface area contributed by atoms with Gasteiger partial charge < -0.3 is 4.74 Å². The second-order valence-electron chi connectivity index (χ2n) is 6.78. The van der Waals surface area contributed by atoms with Gasteiger partial charge in [-0.05, 0) is 27.2 Å². The lowest BCUT2D eigenvalue weighted by atomic mass is 10.0. The number of nitrogens with zero attached hydrogens (tertiary/aromatic N) is 1. The van der Waals surface area contributed by atoms with E-state index in [0.29, 0.717) is 6.42 Å². The molecule has 0 unspecified atom stereocenters. The minimum Gasteiger partial charge on any atom is -0.458 e. The Bertz CT molecular complexity index is 686. The van der Waals surface area contributed by atoms with Crippen molar-refractivity contribution in [1.82, 2.24) is 0 Å². The monoisotopic (exact) mass is 335 g/mol. The van der Waals surface area contributed by atoms with Gasteiger partial charge in [0.1, 0.15) is 5.60 Å². The van der Waals surface area contributed by atoms with Gasteiger partial charge in [-0.3, -0.25) is 4.99 Å². The molecule has 0 amide bonds. The van der Waals surface area contributed by atoms with Crippen molar-refractivity contribution < 1.29 is 9.53 Å². The van der Waals surface area contributed by atoms with Gasteiger partial charge in [-0.2, -0.15) is 0 Å². The Kier molecular flexibility index (Phi) is 6.29. The van der Waals surface area contributed by atoms with Gasteiger partial charge in [0.2, 0.25) is 0 Å². The van der Waals surface area contributed by atoms with E-state index in [0.717, 1.165) is 16.8 Å². The SMILES string of the molecule is C=CC[C@H](N=C(c1ccccc1)c1ccccc1)C(=O)OC(C)(C)C. The fourth-order valence-electron chi connectivity index (χ4n) is 2.39. The van der Waals surface area contributed by atoms with E-state index >= 15 is 0 Å². The summed E-state index contributed by atoms with van der Waals surface area (Å²) < 4.78 is 5.53. The molecule has 0 saturated heterocycles. The van der Waals surface area contributed by atoms with E-state index in [9.17, 15) is 4.79 Å². The molecule has 3 nitrogen and oxygen atoms in total. The molecule has 0 spiro atoms. The van der Waals surface area contributed by atoms with Crippen molar-refractivity contribution >= 4 is 11.7 Å². The number of hydrogen-bond donors (Lipinski definition) is 0.